The zero-order valence-electron chi connectivity index (χ0n) is 13.1. The Balaban J connectivity index is 3.06. The Morgan fingerprint density at radius 2 is 1.82 bits per heavy atom. The maximum absolute atomic E-state index is 11.9. The van der Waals surface area contributed by atoms with Gasteiger partial charge >= 0.3 is 5.97 Å². The number of carboxylic acid groups (broad SMARTS) is 1. The molecule has 0 spiro atoms. The van der Waals surface area contributed by atoms with Gasteiger partial charge in [0.15, 0.2) is 11.5 Å². The van der Waals surface area contributed by atoms with Crippen molar-refractivity contribution >= 4 is 11.9 Å². The number of carboxylic acids is 1. The first kappa shape index (κ1) is 17.8. The highest BCUT2D eigenvalue weighted by Gasteiger charge is 2.22. The van der Waals surface area contributed by atoms with Crippen LogP contribution in [-0.2, 0) is 14.3 Å². The summed E-state index contributed by atoms with van der Waals surface area (Å²) in [6, 6.07) is 4.30. The Kier molecular flexibility index (Phi) is 6.65. The second kappa shape index (κ2) is 8.23. The number of ether oxygens (including phenoxy) is 3. The van der Waals surface area contributed by atoms with E-state index in [4.69, 9.17) is 19.3 Å². The van der Waals surface area contributed by atoms with Gasteiger partial charge in [-0.3, -0.25) is 9.59 Å². The smallest absolute Gasteiger partial charge is 0.305 e. The van der Waals surface area contributed by atoms with Crippen molar-refractivity contribution in [1.29, 1.82) is 0 Å². The van der Waals surface area contributed by atoms with Crippen LogP contribution in [0, 0.1) is 0 Å². The molecule has 1 aromatic carbocycles. The summed E-state index contributed by atoms with van der Waals surface area (Å²) >= 11 is 0. The fourth-order valence-electron chi connectivity index (χ4n) is 1.89. The van der Waals surface area contributed by atoms with Gasteiger partial charge in [0.1, 0.15) is 6.10 Å². The lowest BCUT2D eigenvalue weighted by atomic mass is 10.0. The van der Waals surface area contributed by atoms with E-state index in [9.17, 15) is 9.59 Å². The molecule has 1 rings (SSSR count). The number of aliphatic carboxylic acids is 1. The highest BCUT2D eigenvalue weighted by molar-refractivity contribution is 5.81. The van der Waals surface area contributed by atoms with Crippen molar-refractivity contribution in [2.45, 2.75) is 25.5 Å². The summed E-state index contributed by atoms with van der Waals surface area (Å²) in [5.41, 5.74) is 0.608. The maximum atomic E-state index is 11.9. The molecule has 0 aliphatic rings. The van der Waals surface area contributed by atoms with Gasteiger partial charge in [0.05, 0.1) is 26.7 Å². The van der Waals surface area contributed by atoms with Crippen molar-refractivity contribution in [3.05, 3.63) is 23.8 Å². The number of benzene rings is 1. The van der Waals surface area contributed by atoms with E-state index in [1.54, 1.807) is 25.1 Å². The number of rotatable bonds is 8. The Morgan fingerprint density at radius 1 is 1.18 bits per heavy atom. The number of nitrogens with one attached hydrogen (secondary N) is 1. The van der Waals surface area contributed by atoms with Crippen molar-refractivity contribution in [2.24, 2.45) is 0 Å². The summed E-state index contributed by atoms with van der Waals surface area (Å²) in [6.45, 7) is 1.59. The molecule has 2 atom stereocenters. The second-order valence-corrected chi connectivity index (χ2v) is 4.65. The van der Waals surface area contributed by atoms with Crippen molar-refractivity contribution in [2.75, 3.05) is 21.3 Å². The molecule has 0 bridgehead atoms. The van der Waals surface area contributed by atoms with Crippen LogP contribution in [0.4, 0.5) is 0 Å². The zero-order valence-corrected chi connectivity index (χ0v) is 13.1. The van der Waals surface area contributed by atoms with Crippen molar-refractivity contribution in [3.63, 3.8) is 0 Å². The van der Waals surface area contributed by atoms with E-state index in [0.717, 1.165) is 0 Å². The minimum absolute atomic E-state index is 0.252. The highest BCUT2D eigenvalue weighted by atomic mass is 16.5. The average Bonchev–Trinajstić information content (AvgIpc) is 2.52. The Hall–Kier alpha value is -2.28. The van der Waals surface area contributed by atoms with Gasteiger partial charge in [-0.25, -0.2) is 0 Å². The van der Waals surface area contributed by atoms with E-state index in [-0.39, 0.29) is 12.3 Å². The molecule has 0 saturated carbocycles. The third-order valence-corrected chi connectivity index (χ3v) is 3.23. The van der Waals surface area contributed by atoms with E-state index in [0.29, 0.717) is 17.1 Å². The first-order valence-electron chi connectivity index (χ1n) is 6.69. The van der Waals surface area contributed by atoms with Crippen LogP contribution >= 0.6 is 0 Å². The zero-order chi connectivity index (χ0) is 16.7. The summed E-state index contributed by atoms with van der Waals surface area (Å²) in [5, 5.41) is 11.7. The molecular weight excluding hydrogens is 290 g/mol. The van der Waals surface area contributed by atoms with Crippen molar-refractivity contribution in [1.82, 2.24) is 5.32 Å². The molecule has 0 saturated heterocycles. The number of carbonyl (C=O) groups excluding carboxylic acids is 1. The summed E-state index contributed by atoms with van der Waals surface area (Å²) < 4.78 is 15.3. The van der Waals surface area contributed by atoms with Gasteiger partial charge in [0.25, 0.3) is 0 Å². The minimum Gasteiger partial charge on any atom is -0.493 e. The third kappa shape index (κ3) is 4.63. The van der Waals surface area contributed by atoms with Gasteiger partial charge in [-0.05, 0) is 24.6 Å². The summed E-state index contributed by atoms with van der Waals surface area (Å²) in [4.78, 5) is 23.0. The molecule has 0 aliphatic heterocycles. The van der Waals surface area contributed by atoms with Crippen LogP contribution in [0.2, 0.25) is 0 Å². The van der Waals surface area contributed by atoms with E-state index in [2.05, 4.69) is 5.32 Å². The predicted octanol–water partition coefficient (Wildman–Crippen LogP) is 1.37. The third-order valence-electron chi connectivity index (χ3n) is 3.23. The molecule has 7 nitrogen and oxygen atoms in total. The molecule has 0 heterocycles. The van der Waals surface area contributed by atoms with E-state index >= 15 is 0 Å². The summed E-state index contributed by atoms with van der Waals surface area (Å²) in [6.07, 6.45) is -0.922. The van der Waals surface area contributed by atoms with Gasteiger partial charge in [-0.15, -0.1) is 0 Å². The molecule has 1 aromatic rings. The first-order chi connectivity index (χ1) is 10.4. The van der Waals surface area contributed by atoms with Gasteiger partial charge in [-0.2, -0.15) is 0 Å². The quantitative estimate of drug-likeness (QED) is 0.753. The summed E-state index contributed by atoms with van der Waals surface area (Å²) in [7, 11) is 4.40. The predicted molar refractivity (Wildman–Crippen MR) is 79.2 cm³/mol. The Morgan fingerprint density at radius 3 is 2.32 bits per heavy atom. The molecule has 2 N–H and O–H groups in total. The van der Waals surface area contributed by atoms with Crippen LogP contribution < -0.4 is 14.8 Å². The molecule has 2 unspecified atom stereocenters. The fraction of sp³-hybridized carbons (Fsp3) is 0.467. The van der Waals surface area contributed by atoms with Crippen LogP contribution in [0.15, 0.2) is 18.2 Å². The SMILES string of the molecule is COc1ccc(C(CC(=O)O)NC(=O)C(C)OC)cc1OC. The monoisotopic (exact) mass is 311 g/mol. The number of hydrogen-bond acceptors (Lipinski definition) is 5. The van der Waals surface area contributed by atoms with Gasteiger partial charge < -0.3 is 24.6 Å². The molecule has 22 heavy (non-hydrogen) atoms. The largest absolute Gasteiger partial charge is 0.493 e. The lowest BCUT2D eigenvalue weighted by Gasteiger charge is -2.20. The van der Waals surface area contributed by atoms with E-state index in [1.807, 2.05) is 0 Å². The normalized spacial score (nSPS) is 13.1. The van der Waals surface area contributed by atoms with Crippen LogP contribution in [0.3, 0.4) is 0 Å². The van der Waals surface area contributed by atoms with Crippen LogP contribution in [0.5, 0.6) is 11.5 Å². The van der Waals surface area contributed by atoms with Gasteiger partial charge in [-0.1, -0.05) is 6.07 Å². The molecule has 1 amide bonds. The molecular formula is C15H21NO6. The average molecular weight is 311 g/mol. The van der Waals surface area contributed by atoms with Crippen molar-refractivity contribution < 1.29 is 28.9 Å². The lowest BCUT2D eigenvalue weighted by molar-refractivity contribution is -0.138. The minimum atomic E-state index is -1.02. The second-order valence-electron chi connectivity index (χ2n) is 4.65. The van der Waals surface area contributed by atoms with E-state index in [1.165, 1.54) is 21.3 Å². The van der Waals surface area contributed by atoms with Crippen molar-refractivity contribution in [3.8, 4) is 11.5 Å². The van der Waals surface area contributed by atoms with Gasteiger partial charge in [0.2, 0.25) is 5.91 Å². The maximum Gasteiger partial charge on any atom is 0.305 e. The molecule has 7 heteroatoms. The molecule has 0 radical (unpaired) electrons. The van der Waals surface area contributed by atoms with E-state index < -0.39 is 18.1 Å². The lowest BCUT2D eigenvalue weighted by Crippen LogP contribution is -2.37. The standard InChI is InChI=1S/C15H21NO6/c1-9(20-2)15(19)16-11(8-14(17)18)10-5-6-12(21-3)13(7-10)22-4/h5-7,9,11H,8H2,1-4H3,(H,16,19)(H,17,18). The molecule has 122 valence electrons. The first-order valence-corrected chi connectivity index (χ1v) is 6.69. The van der Waals surface area contributed by atoms with Gasteiger partial charge in [0, 0.05) is 7.11 Å². The summed E-state index contributed by atoms with van der Waals surface area (Å²) in [5.74, 6) is -0.421. The topological polar surface area (TPSA) is 94.1 Å². The molecule has 0 aliphatic carbocycles. The Bertz CT molecular complexity index is 531. The van der Waals surface area contributed by atoms with Crippen LogP contribution in [0.25, 0.3) is 0 Å². The van der Waals surface area contributed by atoms with Crippen LogP contribution in [0.1, 0.15) is 24.9 Å². The number of methoxy groups -OCH3 is 3. The van der Waals surface area contributed by atoms with Crippen LogP contribution in [-0.4, -0.2) is 44.4 Å². The number of amides is 1. The molecule has 0 fully saturated rings. The Labute approximate surface area is 129 Å². The number of carbonyl (C=O) groups is 2. The highest BCUT2D eigenvalue weighted by Crippen LogP contribution is 2.31. The number of hydrogen-bond donors (Lipinski definition) is 2. The fourth-order valence-corrected chi connectivity index (χ4v) is 1.89. The molecule has 0 aromatic heterocycles.